The smallest absolute Gasteiger partial charge is 0.0398 e. The van der Waals surface area contributed by atoms with E-state index in [9.17, 15) is 0 Å². The van der Waals surface area contributed by atoms with Gasteiger partial charge in [-0.05, 0) is 187 Å². The third-order valence-corrected chi connectivity index (χ3v) is 13.2. The molecular weight excluding hydrogens is 1240 g/mol. The summed E-state index contributed by atoms with van der Waals surface area (Å²) in [5, 5.41) is 0. The van der Waals surface area contributed by atoms with Crippen molar-refractivity contribution in [2.24, 2.45) is 0 Å². The molecule has 0 N–H and O–H groups in total. The quantitative estimate of drug-likeness (QED) is 0.0564. The Morgan fingerprint density at radius 1 is 0.107 bits per heavy atom. The highest BCUT2D eigenvalue weighted by molar-refractivity contribution is 5.38. The Labute approximate surface area is 635 Å². The van der Waals surface area contributed by atoms with E-state index in [-0.39, 0.29) is 0 Å². The van der Waals surface area contributed by atoms with Crippen LogP contribution in [0, 0.1) is 0 Å². The van der Waals surface area contributed by atoms with Gasteiger partial charge in [0.05, 0.1) is 0 Å². The van der Waals surface area contributed by atoms with Gasteiger partial charge in [-0.25, -0.2) is 0 Å². The zero-order valence-corrected chi connectivity index (χ0v) is 69.4. The normalized spacial score (nSPS) is 15.3. The molecule has 0 aromatic rings. The Morgan fingerprint density at radius 2 is 0.194 bits per heavy atom. The summed E-state index contributed by atoms with van der Waals surface area (Å²) in [7, 11) is 0. The summed E-state index contributed by atoms with van der Waals surface area (Å²) in [4.78, 5) is 0. The first-order valence-electron chi connectivity index (χ1n) is 36.3. The van der Waals surface area contributed by atoms with Crippen LogP contribution in [-0.2, 0) is 0 Å². The standard InChI is InChI=1S/C40H52.C24H32.C20H28.C19H26/c1-33(2)19-13-23-37(7)27-17-31-39(9)29-15-25-35(5)21-11-12-22-36(6)26-16-30-40(10)32-18-28-38(8)24-14-20-34(3)4;1-7-13-21(3)17-11-19-23(5)15-9-10-16-24(6)20-12-18-22(4)14-8-2;1-17(2)11-9-15-19(5)13-7-8-14-20(6)16-10-12-18(3)4;1-6-11-17(3)13-8-9-14-19(5)16-10-15-18(4)12-7-2/h11-32H,1-10H3;7-20H,1-6H3;7-16H,1-6H3;6-16H,1-5H3/b12-11+,23-13+,24-14+,25-15+,26-16+,31-17+,32-18+,35-21+,36-22+,37-27+,38-28+,39-29+,40-30+;10-9+,13-7+,14-8+,19-11+,20-12+,21-17+,22-18+,23-15+,24-16+;8-7+,15-9+,16-10+,19-13+,20-14+;9-8+,11-6+,12-7+,16-10+,17-13+,18-15+,19-14+. The van der Waals surface area contributed by atoms with Crippen LogP contribution in [0.2, 0.25) is 0 Å². The minimum absolute atomic E-state index is 1.20. The molecule has 0 aliphatic carbocycles. The van der Waals surface area contributed by atoms with Crippen LogP contribution in [0.1, 0.15) is 187 Å². The fraction of sp³-hybridized carbons (Fsp3) is 0.262. The van der Waals surface area contributed by atoms with Gasteiger partial charge in [-0.3, -0.25) is 0 Å². The zero-order valence-electron chi connectivity index (χ0n) is 69.4. The Balaban J connectivity index is -0.000000670. The molecule has 0 amide bonds. The van der Waals surface area contributed by atoms with E-state index in [0.717, 1.165) is 0 Å². The lowest BCUT2D eigenvalue weighted by atomic mass is 10.2. The van der Waals surface area contributed by atoms with Crippen LogP contribution in [-0.4, -0.2) is 0 Å². The van der Waals surface area contributed by atoms with Crippen molar-refractivity contribution >= 4 is 0 Å². The van der Waals surface area contributed by atoms with Gasteiger partial charge in [0.25, 0.3) is 0 Å². The fourth-order valence-corrected chi connectivity index (χ4v) is 7.57. The first kappa shape index (κ1) is 99.5. The molecule has 0 bridgehead atoms. The lowest BCUT2D eigenvalue weighted by Crippen LogP contribution is -1.70. The van der Waals surface area contributed by atoms with Crippen LogP contribution < -0.4 is 0 Å². The van der Waals surface area contributed by atoms with Gasteiger partial charge in [0.1, 0.15) is 0 Å². The van der Waals surface area contributed by atoms with Gasteiger partial charge in [0.2, 0.25) is 0 Å². The predicted molar refractivity (Wildman–Crippen MR) is 480 cm³/mol. The summed E-state index contributed by atoms with van der Waals surface area (Å²) in [6.07, 6.45) is 120. The second kappa shape index (κ2) is 70.6. The lowest BCUT2D eigenvalue weighted by Gasteiger charge is -1.91. The van der Waals surface area contributed by atoms with Crippen molar-refractivity contribution in [1.82, 2.24) is 0 Å². The summed E-state index contributed by atoms with van der Waals surface area (Å²) in [5.74, 6) is 0. The molecule has 0 saturated heterocycles. The monoisotopic (exact) mass is 1380 g/mol. The van der Waals surface area contributed by atoms with Gasteiger partial charge < -0.3 is 0 Å². The molecule has 0 unspecified atom stereocenters. The van der Waals surface area contributed by atoms with Crippen molar-refractivity contribution in [2.45, 2.75) is 187 Å². The molecule has 0 aromatic carbocycles. The fourth-order valence-electron chi connectivity index (χ4n) is 7.57. The molecule has 0 heteroatoms. The molecule has 0 saturated carbocycles. The van der Waals surface area contributed by atoms with Gasteiger partial charge in [-0.2, -0.15) is 0 Å². The zero-order chi connectivity index (χ0) is 78.3. The summed E-state index contributed by atoms with van der Waals surface area (Å²) in [6.45, 7) is 56.4. The van der Waals surface area contributed by atoms with Crippen molar-refractivity contribution in [3.05, 3.63) is 452 Å². The molecule has 0 spiro atoms. The summed E-state index contributed by atoms with van der Waals surface area (Å²) >= 11 is 0. The molecule has 550 valence electrons. The second-order valence-electron chi connectivity index (χ2n) is 26.1. The van der Waals surface area contributed by atoms with Crippen molar-refractivity contribution < 1.29 is 0 Å². The molecule has 0 nitrogen and oxygen atoms in total. The summed E-state index contributed by atoms with van der Waals surface area (Å²) in [5.41, 5.74) is 23.7. The number of hydrogen-bond acceptors (Lipinski definition) is 0. The van der Waals surface area contributed by atoms with E-state index >= 15 is 0 Å². The highest BCUT2D eigenvalue weighted by Crippen LogP contribution is 2.09. The van der Waals surface area contributed by atoms with E-state index < -0.39 is 0 Å². The van der Waals surface area contributed by atoms with E-state index in [4.69, 9.17) is 0 Å². The van der Waals surface area contributed by atoms with Crippen LogP contribution >= 0.6 is 0 Å². The van der Waals surface area contributed by atoms with Crippen LogP contribution in [0.5, 0.6) is 0 Å². The van der Waals surface area contributed by atoms with Gasteiger partial charge in [0.15, 0.2) is 0 Å². The van der Waals surface area contributed by atoms with E-state index in [1.54, 1.807) is 0 Å². The molecule has 103 heavy (non-hydrogen) atoms. The molecule has 0 rings (SSSR count). The van der Waals surface area contributed by atoms with E-state index in [1.165, 1.54) is 106 Å². The molecule has 0 fully saturated rings. The third kappa shape index (κ3) is 81.0. The molecule has 0 aromatic heterocycles. The maximum absolute atomic E-state index is 2.12. The van der Waals surface area contributed by atoms with Crippen LogP contribution in [0.15, 0.2) is 452 Å². The molecule has 0 radical (unpaired) electrons. The average Bonchev–Trinajstić information content (AvgIpc) is 2.83. The van der Waals surface area contributed by atoms with Crippen molar-refractivity contribution in [3.8, 4) is 0 Å². The van der Waals surface area contributed by atoms with Crippen molar-refractivity contribution in [3.63, 3.8) is 0 Å². The molecular formula is C103H138. The van der Waals surface area contributed by atoms with Crippen LogP contribution in [0.3, 0.4) is 0 Å². The van der Waals surface area contributed by atoms with Gasteiger partial charge in [-0.15, -0.1) is 0 Å². The highest BCUT2D eigenvalue weighted by Gasteiger charge is 1.88. The van der Waals surface area contributed by atoms with E-state index in [1.807, 2.05) is 52.0 Å². The SMILES string of the molecule is C/C=C/C(C)=C/C=C/C(C)=C/C=C/C=C(C)/C=C/C=C(C)/C=C/C.C/C=C/C(C)=C/C=C/C=C(C)/C=C/C=C(C)/C=C/C.CC(C)=C/C=C/C(C)=C/C=C/C(C)=C/C=C/C(C)=C/C=C/C=C(C)/C=C/C=C(C)/C=C/C=C(C)/C=C/C=C(C)C.CC(C)=C/C=C/C(C)=C/C=C/C=C(C)/C=C/C=C(C)C. The Kier molecular flexibility index (Phi) is 68.2. The van der Waals surface area contributed by atoms with Gasteiger partial charge in [-0.1, -0.05) is 452 Å². The van der Waals surface area contributed by atoms with Gasteiger partial charge in [0, 0.05) is 0 Å². The maximum Gasteiger partial charge on any atom is -0.0398 e. The van der Waals surface area contributed by atoms with Crippen molar-refractivity contribution in [1.29, 1.82) is 0 Å². The van der Waals surface area contributed by atoms with Gasteiger partial charge >= 0.3 is 0 Å². The Bertz CT molecular complexity index is 3520. The number of hydrogen-bond donors (Lipinski definition) is 0. The topological polar surface area (TPSA) is 0 Å². The lowest BCUT2D eigenvalue weighted by molar-refractivity contribution is 1.39. The maximum atomic E-state index is 2.12. The van der Waals surface area contributed by atoms with E-state index in [2.05, 4.69) is 481 Å². The average molecular weight is 1380 g/mol. The molecule has 0 atom stereocenters. The predicted octanol–water partition coefficient (Wildman–Crippen LogP) is 32.7. The van der Waals surface area contributed by atoms with Crippen LogP contribution in [0.25, 0.3) is 0 Å². The minimum Gasteiger partial charge on any atom is -0.0874 e. The number of rotatable bonds is 34. The largest absolute Gasteiger partial charge is 0.0874 e. The Hall–Kier alpha value is -9.88. The minimum atomic E-state index is 1.20. The summed E-state index contributed by atoms with van der Waals surface area (Å²) < 4.78 is 0. The third-order valence-electron chi connectivity index (χ3n) is 13.2. The molecule has 0 aliphatic rings. The summed E-state index contributed by atoms with van der Waals surface area (Å²) in [6, 6.07) is 0. The van der Waals surface area contributed by atoms with Crippen LogP contribution in [0.4, 0.5) is 0 Å². The van der Waals surface area contributed by atoms with Crippen molar-refractivity contribution in [2.75, 3.05) is 0 Å². The highest BCUT2D eigenvalue weighted by atomic mass is 13.9. The second-order valence-corrected chi connectivity index (χ2v) is 26.1. The first-order valence-corrected chi connectivity index (χ1v) is 36.3. The number of allylic oxidation sites excluding steroid dienone is 76. The Morgan fingerprint density at radius 3 is 0.291 bits per heavy atom. The molecule has 0 aliphatic heterocycles. The molecule has 0 heterocycles. The first-order chi connectivity index (χ1) is 49.0. The van der Waals surface area contributed by atoms with E-state index in [0.29, 0.717) is 0 Å².